The molecule has 0 rings (SSSR count). The first kappa shape index (κ1) is 6.43. The fraction of sp³-hybridized carbons (Fsp3) is 0.500. The highest BCUT2D eigenvalue weighted by molar-refractivity contribution is 5.68. The Morgan fingerprint density at radius 1 is 2.00 bits per heavy atom. The molecule has 7 heavy (non-hydrogen) atoms. The van der Waals surface area contributed by atoms with Crippen LogP contribution in [0.1, 0.15) is 6.92 Å². The summed E-state index contributed by atoms with van der Waals surface area (Å²) in [6.45, 7) is 2.73. The van der Waals surface area contributed by atoms with Crippen LogP contribution in [-0.4, -0.2) is 17.7 Å². The van der Waals surface area contributed by atoms with Gasteiger partial charge in [0.25, 0.3) is 0 Å². The zero-order valence-electron chi connectivity index (χ0n) is 4.05. The minimum atomic E-state index is -0.946. The Hall–Kier alpha value is -0.570. The molecule has 0 aromatic heterocycles. The number of hydrogen-bond acceptors (Lipinski definition) is 2. The quantitative estimate of drug-likeness (QED) is 0.557. The Kier molecular flexibility index (Phi) is 3.32. The Balaban J connectivity index is 2.82. The monoisotopic (exact) mass is 103 g/mol. The molecule has 0 saturated carbocycles. The van der Waals surface area contributed by atoms with E-state index in [0.29, 0.717) is 0 Å². The lowest BCUT2D eigenvalue weighted by molar-refractivity contribution is -0.140. The van der Waals surface area contributed by atoms with E-state index < -0.39 is 5.97 Å². The zero-order valence-corrected chi connectivity index (χ0v) is 4.05. The Labute approximate surface area is 41.9 Å². The molecule has 0 aromatic carbocycles. The summed E-state index contributed by atoms with van der Waals surface area (Å²) < 4.78 is 4.37. The van der Waals surface area contributed by atoms with Crippen molar-refractivity contribution in [2.45, 2.75) is 6.92 Å². The van der Waals surface area contributed by atoms with E-state index in [9.17, 15) is 4.79 Å². The van der Waals surface area contributed by atoms with Gasteiger partial charge in [0.15, 0.2) is 0 Å². The van der Waals surface area contributed by atoms with Crippen LogP contribution in [0.25, 0.3) is 0 Å². The van der Waals surface area contributed by atoms with Crippen molar-refractivity contribution in [3.8, 4) is 0 Å². The van der Waals surface area contributed by atoms with Crippen LogP contribution >= 0.6 is 0 Å². The second-order valence-electron chi connectivity index (χ2n) is 0.940. The molecule has 0 bridgehead atoms. The molecule has 0 atom stereocenters. The first-order valence-electron chi connectivity index (χ1n) is 1.88. The molecule has 0 spiro atoms. The van der Waals surface area contributed by atoms with Gasteiger partial charge in [-0.05, 0) is 6.92 Å². The van der Waals surface area contributed by atoms with Crippen LogP contribution in [0.4, 0.5) is 0 Å². The molecule has 0 fully saturated rings. The maximum atomic E-state index is 9.61. The molecule has 41 valence electrons. The van der Waals surface area contributed by atoms with Crippen LogP contribution in [-0.2, 0) is 9.53 Å². The predicted octanol–water partition coefficient (Wildman–Crippen LogP) is 0.269. The molecule has 1 radical (unpaired) electrons. The number of aliphatic carboxylic acids is 1. The zero-order chi connectivity index (χ0) is 5.70. The van der Waals surface area contributed by atoms with Gasteiger partial charge in [-0.2, -0.15) is 0 Å². The van der Waals surface area contributed by atoms with Crippen molar-refractivity contribution in [2.75, 3.05) is 6.61 Å². The van der Waals surface area contributed by atoms with Gasteiger partial charge in [-0.3, -0.25) is 0 Å². The third-order valence-electron chi connectivity index (χ3n) is 0.373. The summed E-state index contributed by atoms with van der Waals surface area (Å²) in [6.07, 6.45) is 0. The molecule has 3 nitrogen and oxygen atoms in total. The van der Waals surface area contributed by atoms with Crippen molar-refractivity contribution in [2.24, 2.45) is 0 Å². The maximum Gasteiger partial charge on any atom is 0.329 e. The highest BCUT2D eigenvalue weighted by Crippen LogP contribution is 1.75. The normalized spacial score (nSPS) is 8.71. The van der Waals surface area contributed by atoms with Gasteiger partial charge in [0.05, 0.1) is 6.61 Å². The molecule has 0 aliphatic carbocycles. The van der Waals surface area contributed by atoms with Gasteiger partial charge in [0, 0.05) is 0 Å². The van der Waals surface area contributed by atoms with Gasteiger partial charge in [0.1, 0.15) is 6.61 Å². The van der Waals surface area contributed by atoms with Crippen molar-refractivity contribution in [3.05, 3.63) is 6.61 Å². The van der Waals surface area contributed by atoms with Gasteiger partial charge in [0.2, 0.25) is 0 Å². The molecule has 0 aliphatic rings. The van der Waals surface area contributed by atoms with Crippen molar-refractivity contribution in [1.82, 2.24) is 0 Å². The topological polar surface area (TPSA) is 46.5 Å². The summed E-state index contributed by atoms with van der Waals surface area (Å²) in [7, 11) is 0. The second-order valence-corrected chi connectivity index (χ2v) is 0.940. The fourth-order valence-corrected chi connectivity index (χ4v) is 0.155. The molecule has 0 saturated heterocycles. The molecule has 0 unspecified atom stereocenters. The summed E-state index contributed by atoms with van der Waals surface area (Å²) >= 11 is 0. The third-order valence-corrected chi connectivity index (χ3v) is 0.373. The van der Waals surface area contributed by atoms with Crippen LogP contribution in [0.2, 0.25) is 0 Å². The standard InChI is InChI=1S/C4H7O3/c1-2-7-3-4(5)6/h2H,3H2,1H3,(H,5,6). The second kappa shape index (κ2) is 3.61. The van der Waals surface area contributed by atoms with Crippen LogP contribution in [0.3, 0.4) is 0 Å². The van der Waals surface area contributed by atoms with E-state index in [0.717, 1.165) is 0 Å². The van der Waals surface area contributed by atoms with E-state index in [1.54, 1.807) is 6.92 Å². The SMILES string of the molecule is C[CH]OCC(=O)O. The predicted molar refractivity (Wildman–Crippen MR) is 23.6 cm³/mol. The van der Waals surface area contributed by atoms with Crippen molar-refractivity contribution in [3.63, 3.8) is 0 Å². The van der Waals surface area contributed by atoms with Crippen LogP contribution in [0.15, 0.2) is 0 Å². The molecule has 1 N–H and O–H groups in total. The number of ether oxygens (including phenoxy) is 1. The number of carbonyl (C=O) groups is 1. The van der Waals surface area contributed by atoms with Gasteiger partial charge >= 0.3 is 5.97 Å². The Morgan fingerprint density at radius 2 is 2.57 bits per heavy atom. The van der Waals surface area contributed by atoms with Crippen LogP contribution in [0.5, 0.6) is 0 Å². The van der Waals surface area contributed by atoms with E-state index in [-0.39, 0.29) is 6.61 Å². The summed E-state index contributed by atoms with van der Waals surface area (Å²) in [5.41, 5.74) is 0. The van der Waals surface area contributed by atoms with Crippen LogP contribution in [0, 0.1) is 6.61 Å². The van der Waals surface area contributed by atoms with Crippen molar-refractivity contribution in [1.29, 1.82) is 0 Å². The summed E-state index contributed by atoms with van der Waals surface area (Å²) in [4.78, 5) is 9.61. The number of hydrogen-bond donors (Lipinski definition) is 1. The Morgan fingerprint density at radius 3 is 2.71 bits per heavy atom. The minimum Gasteiger partial charge on any atom is -0.480 e. The lowest BCUT2D eigenvalue weighted by atomic mass is 10.7. The van der Waals surface area contributed by atoms with Gasteiger partial charge in [-0.25, -0.2) is 4.79 Å². The number of rotatable bonds is 3. The van der Waals surface area contributed by atoms with Gasteiger partial charge < -0.3 is 9.84 Å². The van der Waals surface area contributed by atoms with Crippen molar-refractivity contribution >= 4 is 5.97 Å². The summed E-state index contributed by atoms with van der Waals surface area (Å²) in [5, 5.41) is 7.90. The fourth-order valence-electron chi connectivity index (χ4n) is 0.155. The smallest absolute Gasteiger partial charge is 0.329 e. The first-order valence-corrected chi connectivity index (χ1v) is 1.88. The molecule has 0 heterocycles. The lowest BCUT2D eigenvalue weighted by Gasteiger charge is -1.89. The van der Waals surface area contributed by atoms with Crippen molar-refractivity contribution < 1.29 is 14.6 Å². The molecule has 0 aliphatic heterocycles. The average molecular weight is 103 g/mol. The van der Waals surface area contributed by atoms with E-state index >= 15 is 0 Å². The summed E-state index contributed by atoms with van der Waals surface area (Å²) in [6, 6.07) is 0. The highest BCUT2D eigenvalue weighted by Gasteiger charge is 1.90. The average Bonchev–Trinajstić information content (AvgIpc) is 1.61. The number of carboxylic acids is 1. The number of carboxylic acid groups (broad SMARTS) is 1. The van der Waals surface area contributed by atoms with Gasteiger partial charge in [-0.15, -0.1) is 0 Å². The third kappa shape index (κ3) is 5.43. The molecular weight excluding hydrogens is 96.0 g/mol. The van der Waals surface area contributed by atoms with E-state index in [4.69, 9.17) is 5.11 Å². The summed E-state index contributed by atoms with van der Waals surface area (Å²) in [5.74, 6) is -0.946. The molecule has 0 aromatic rings. The van der Waals surface area contributed by atoms with E-state index in [1.165, 1.54) is 6.61 Å². The lowest BCUT2D eigenvalue weighted by Crippen LogP contribution is -2.03. The maximum absolute atomic E-state index is 9.61. The van der Waals surface area contributed by atoms with Crippen LogP contribution < -0.4 is 0 Å². The first-order chi connectivity index (χ1) is 3.27. The minimum absolute atomic E-state index is 0.240. The largest absolute Gasteiger partial charge is 0.480 e. The Bertz CT molecular complexity index is 60.0. The molecule has 3 heteroatoms. The molecule has 0 amide bonds. The van der Waals surface area contributed by atoms with Gasteiger partial charge in [-0.1, -0.05) is 0 Å². The molecular formula is C4H7O3. The highest BCUT2D eigenvalue weighted by atomic mass is 16.5. The van der Waals surface area contributed by atoms with E-state index in [2.05, 4.69) is 4.74 Å². The van der Waals surface area contributed by atoms with E-state index in [1.807, 2.05) is 0 Å².